The van der Waals surface area contributed by atoms with E-state index in [0.29, 0.717) is 20.6 Å². The first-order chi connectivity index (χ1) is 9.99. The second kappa shape index (κ2) is 7.58. The van der Waals surface area contributed by atoms with E-state index in [0.717, 1.165) is 0 Å². The van der Waals surface area contributed by atoms with Crippen LogP contribution in [0.4, 0.5) is 0 Å². The zero-order valence-electron chi connectivity index (χ0n) is 16.4. The van der Waals surface area contributed by atoms with Crippen molar-refractivity contribution in [3.63, 3.8) is 0 Å². The Morgan fingerprint density at radius 1 is 0.818 bits per heavy atom. The molecular formula is C21H41Br. The summed E-state index contributed by atoms with van der Waals surface area (Å²) in [5, 5.41) is 0. The molecule has 2 atom stereocenters. The van der Waals surface area contributed by atoms with Crippen LogP contribution in [0.2, 0.25) is 0 Å². The maximum atomic E-state index is 4.06. The first kappa shape index (κ1) is 20.5. The number of alkyl halides is 1. The molecular weight excluding hydrogens is 332 g/mol. The summed E-state index contributed by atoms with van der Waals surface area (Å²) in [7, 11) is 0. The third kappa shape index (κ3) is 5.25. The zero-order chi connectivity index (χ0) is 17.1. The van der Waals surface area contributed by atoms with Crippen LogP contribution >= 0.6 is 15.9 Å². The first-order valence-corrected chi connectivity index (χ1v) is 10.5. The van der Waals surface area contributed by atoms with E-state index in [2.05, 4.69) is 64.4 Å². The lowest BCUT2D eigenvalue weighted by Gasteiger charge is -2.47. The highest BCUT2D eigenvalue weighted by Gasteiger charge is 2.42. The first-order valence-electron chi connectivity index (χ1n) is 9.68. The van der Waals surface area contributed by atoms with Gasteiger partial charge in [-0.15, -0.1) is 0 Å². The van der Waals surface area contributed by atoms with Gasteiger partial charge in [-0.25, -0.2) is 0 Å². The summed E-state index contributed by atoms with van der Waals surface area (Å²) in [4.78, 5) is 0. The Balaban J connectivity index is 2.94. The number of hydrogen-bond acceptors (Lipinski definition) is 0. The van der Waals surface area contributed by atoms with Crippen molar-refractivity contribution in [3.8, 4) is 0 Å². The van der Waals surface area contributed by atoms with Gasteiger partial charge in [0.05, 0.1) is 0 Å². The van der Waals surface area contributed by atoms with Crippen molar-refractivity contribution in [2.75, 3.05) is 0 Å². The van der Waals surface area contributed by atoms with Gasteiger partial charge in [-0.2, -0.15) is 0 Å². The van der Waals surface area contributed by atoms with E-state index in [1.54, 1.807) is 0 Å². The SMILES string of the molecule is CCC(C)(CC)C1(C)CCCCC(C)(C)CC(C)(Br)CCC1. The highest BCUT2D eigenvalue weighted by Crippen LogP contribution is 2.52. The van der Waals surface area contributed by atoms with Gasteiger partial charge in [0, 0.05) is 4.32 Å². The van der Waals surface area contributed by atoms with E-state index >= 15 is 0 Å². The van der Waals surface area contributed by atoms with Gasteiger partial charge in [-0.05, 0) is 55.3 Å². The van der Waals surface area contributed by atoms with Crippen molar-refractivity contribution in [1.82, 2.24) is 0 Å². The van der Waals surface area contributed by atoms with Gasteiger partial charge in [0.1, 0.15) is 0 Å². The fourth-order valence-corrected chi connectivity index (χ4v) is 6.01. The molecule has 132 valence electrons. The molecule has 0 N–H and O–H groups in total. The molecule has 1 rings (SSSR count). The van der Waals surface area contributed by atoms with Gasteiger partial charge < -0.3 is 0 Å². The van der Waals surface area contributed by atoms with Crippen molar-refractivity contribution in [3.05, 3.63) is 0 Å². The highest BCUT2D eigenvalue weighted by atomic mass is 79.9. The molecule has 0 nitrogen and oxygen atoms in total. The van der Waals surface area contributed by atoms with Crippen LogP contribution in [-0.4, -0.2) is 4.32 Å². The Kier molecular flexibility index (Phi) is 7.07. The summed E-state index contributed by atoms with van der Waals surface area (Å²) in [6.07, 6.45) is 13.6. The third-order valence-corrected chi connectivity index (χ3v) is 7.80. The average molecular weight is 373 g/mol. The van der Waals surface area contributed by atoms with E-state index in [9.17, 15) is 0 Å². The van der Waals surface area contributed by atoms with Crippen LogP contribution in [0.1, 0.15) is 113 Å². The van der Waals surface area contributed by atoms with E-state index in [1.165, 1.54) is 64.2 Å². The Morgan fingerprint density at radius 3 is 1.86 bits per heavy atom. The predicted molar refractivity (Wildman–Crippen MR) is 105 cm³/mol. The molecule has 0 aromatic carbocycles. The monoisotopic (exact) mass is 372 g/mol. The molecule has 1 aliphatic rings. The Morgan fingerprint density at radius 2 is 1.32 bits per heavy atom. The Bertz CT molecular complexity index is 338. The lowest BCUT2D eigenvalue weighted by atomic mass is 9.58. The van der Waals surface area contributed by atoms with Crippen molar-refractivity contribution < 1.29 is 0 Å². The molecule has 1 aliphatic carbocycles. The summed E-state index contributed by atoms with van der Waals surface area (Å²) in [6, 6.07) is 0. The lowest BCUT2D eigenvalue weighted by molar-refractivity contribution is 0.0346. The number of hydrogen-bond donors (Lipinski definition) is 0. The fraction of sp³-hybridized carbons (Fsp3) is 1.00. The second-order valence-corrected chi connectivity index (χ2v) is 11.6. The van der Waals surface area contributed by atoms with Gasteiger partial charge in [0.25, 0.3) is 0 Å². The van der Waals surface area contributed by atoms with E-state index in [1.807, 2.05) is 0 Å². The van der Waals surface area contributed by atoms with Gasteiger partial charge >= 0.3 is 0 Å². The van der Waals surface area contributed by atoms with E-state index in [-0.39, 0.29) is 0 Å². The topological polar surface area (TPSA) is 0 Å². The molecule has 1 fully saturated rings. The Labute approximate surface area is 149 Å². The van der Waals surface area contributed by atoms with Crippen LogP contribution < -0.4 is 0 Å². The van der Waals surface area contributed by atoms with Crippen LogP contribution in [-0.2, 0) is 0 Å². The molecule has 0 heterocycles. The molecule has 0 aliphatic heterocycles. The van der Waals surface area contributed by atoms with Gasteiger partial charge in [-0.3, -0.25) is 0 Å². The predicted octanol–water partition coefficient (Wildman–Crippen LogP) is 8.13. The quantitative estimate of drug-likeness (QED) is 0.438. The standard InChI is InChI=1S/C21H41Br/c1-8-19(5,9-2)20(6)14-11-10-13-18(3,4)17-21(7,22)16-12-15-20/h8-17H2,1-7H3. The van der Waals surface area contributed by atoms with Crippen molar-refractivity contribution in [2.45, 2.75) is 117 Å². The summed E-state index contributed by atoms with van der Waals surface area (Å²) < 4.78 is 0.316. The minimum Gasteiger partial charge on any atom is -0.0856 e. The summed E-state index contributed by atoms with van der Waals surface area (Å²) in [5.41, 5.74) is 1.48. The Hall–Kier alpha value is 0.480. The van der Waals surface area contributed by atoms with Crippen LogP contribution in [0.15, 0.2) is 0 Å². The second-order valence-electron chi connectivity index (χ2n) is 9.64. The average Bonchev–Trinajstić information content (AvgIpc) is 2.42. The van der Waals surface area contributed by atoms with E-state index < -0.39 is 0 Å². The molecule has 22 heavy (non-hydrogen) atoms. The molecule has 0 radical (unpaired) electrons. The molecule has 0 bridgehead atoms. The molecule has 0 aromatic heterocycles. The third-order valence-electron chi connectivity index (χ3n) is 7.12. The van der Waals surface area contributed by atoms with Crippen LogP contribution in [0, 0.1) is 16.2 Å². The van der Waals surface area contributed by atoms with E-state index in [4.69, 9.17) is 0 Å². The van der Waals surface area contributed by atoms with Crippen molar-refractivity contribution in [2.24, 2.45) is 16.2 Å². The summed E-state index contributed by atoms with van der Waals surface area (Å²) in [5.74, 6) is 0. The normalized spacial score (nSPS) is 34.9. The highest BCUT2D eigenvalue weighted by molar-refractivity contribution is 9.10. The summed E-state index contributed by atoms with van der Waals surface area (Å²) in [6.45, 7) is 17.3. The van der Waals surface area contributed by atoms with Crippen molar-refractivity contribution >= 4 is 15.9 Å². The van der Waals surface area contributed by atoms with Crippen molar-refractivity contribution in [1.29, 1.82) is 0 Å². The minimum absolute atomic E-state index is 0.316. The lowest BCUT2D eigenvalue weighted by Crippen LogP contribution is -2.37. The molecule has 1 saturated carbocycles. The largest absolute Gasteiger partial charge is 0.0856 e. The van der Waals surface area contributed by atoms with Crippen LogP contribution in [0.25, 0.3) is 0 Å². The minimum atomic E-state index is 0.316. The number of halogens is 1. The summed E-state index contributed by atoms with van der Waals surface area (Å²) >= 11 is 4.06. The molecule has 1 heteroatoms. The number of rotatable bonds is 3. The van der Waals surface area contributed by atoms with Gasteiger partial charge in [0.15, 0.2) is 0 Å². The smallest absolute Gasteiger partial charge is 0.0235 e. The van der Waals surface area contributed by atoms with Crippen LogP contribution in [0.5, 0.6) is 0 Å². The maximum Gasteiger partial charge on any atom is 0.0235 e. The molecule has 0 saturated heterocycles. The van der Waals surface area contributed by atoms with Gasteiger partial charge in [0.2, 0.25) is 0 Å². The molecule has 2 unspecified atom stereocenters. The fourth-order valence-electron chi connectivity index (χ4n) is 4.97. The molecule has 0 amide bonds. The van der Waals surface area contributed by atoms with Crippen LogP contribution in [0.3, 0.4) is 0 Å². The molecule has 0 spiro atoms. The maximum absolute atomic E-state index is 4.06. The zero-order valence-corrected chi connectivity index (χ0v) is 18.0. The van der Waals surface area contributed by atoms with Gasteiger partial charge in [-0.1, -0.05) is 89.6 Å². The molecule has 0 aromatic rings.